The van der Waals surface area contributed by atoms with Crippen LogP contribution < -0.4 is 5.73 Å². The lowest BCUT2D eigenvalue weighted by atomic mass is 9.94. The molecule has 2 aliphatic rings. The van der Waals surface area contributed by atoms with E-state index < -0.39 is 0 Å². The SMILES string of the molecule is CC(N)C1CCCCN1CC1CCCOC1.Cl. The Balaban J connectivity index is 0.00000144. The highest BCUT2D eigenvalue weighted by atomic mass is 35.5. The Bertz CT molecular complexity index is 208. The number of nitrogens with zero attached hydrogens (tertiary/aromatic N) is 1. The third-order valence-corrected chi connectivity index (χ3v) is 4.02. The zero-order chi connectivity index (χ0) is 11.4. The van der Waals surface area contributed by atoms with E-state index in [-0.39, 0.29) is 12.4 Å². The van der Waals surface area contributed by atoms with Crippen LogP contribution in [-0.4, -0.2) is 43.3 Å². The number of ether oxygens (including phenoxy) is 1. The first-order valence-electron chi connectivity index (χ1n) is 6.85. The molecule has 2 fully saturated rings. The van der Waals surface area contributed by atoms with Crippen molar-refractivity contribution in [1.29, 1.82) is 0 Å². The smallest absolute Gasteiger partial charge is 0.0506 e. The molecule has 17 heavy (non-hydrogen) atoms. The highest BCUT2D eigenvalue weighted by Crippen LogP contribution is 2.23. The highest BCUT2D eigenvalue weighted by molar-refractivity contribution is 5.85. The topological polar surface area (TPSA) is 38.5 Å². The van der Waals surface area contributed by atoms with Crippen LogP contribution in [0.15, 0.2) is 0 Å². The lowest BCUT2D eigenvalue weighted by molar-refractivity contribution is 0.0216. The first kappa shape index (κ1) is 15.2. The summed E-state index contributed by atoms with van der Waals surface area (Å²) in [6.07, 6.45) is 6.55. The van der Waals surface area contributed by atoms with Gasteiger partial charge in [-0.2, -0.15) is 0 Å². The van der Waals surface area contributed by atoms with Gasteiger partial charge in [0.15, 0.2) is 0 Å². The van der Waals surface area contributed by atoms with E-state index >= 15 is 0 Å². The van der Waals surface area contributed by atoms with Crippen LogP contribution in [0.25, 0.3) is 0 Å². The zero-order valence-electron chi connectivity index (χ0n) is 10.9. The molecule has 0 aromatic heterocycles. The van der Waals surface area contributed by atoms with Crippen molar-refractivity contribution < 1.29 is 4.74 Å². The molecule has 0 amide bonds. The quantitative estimate of drug-likeness (QED) is 0.846. The molecule has 3 atom stereocenters. The second-order valence-corrected chi connectivity index (χ2v) is 5.50. The molecule has 2 rings (SSSR count). The van der Waals surface area contributed by atoms with Crippen LogP contribution >= 0.6 is 12.4 Å². The summed E-state index contributed by atoms with van der Waals surface area (Å²) in [4.78, 5) is 2.62. The van der Waals surface area contributed by atoms with Crippen molar-refractivity contribution in [3.05, 3.63) is 0 Å². The van der Waals surface area contributed by atoms with Crippen molar-refractivity contribution in [2.75, 3.05) is 26.3 Å². The first-order valence-corrected chi connectivity index (χ1v) is 6.85. The molecule has 0 radical (unpaired) electrons. The normalized spacial score (nSPS) is 32.8. The average Bonchev–Trinajstić information content (AvgIpc) is 2.31. The average molecular weight is 263 g/mol. The summed E-state index contributed by atoms with van der Waals surface area (Å²) >= 11 is 0. The fourth-order valence-corrected chi connectivity index (χ4v) is 3.12. The second kappa shape index (κ2) is 7.57. The molecule has 0 aliphatic carbocycles. The Morgan fingerprint density at radius 2 is 2.12 bits per heavy atom. The molecule has 4 heteroatoms. The van der Waals surface area contributed by atoms with Gasteiger partial charge in [-0.3, -0.25) is 4.90 Å². The molecular weight excluding hydrogens is 236 g/mol. The van der Waals surface area contributed by atoms with E-state index in [1.54, 1.807) is 0 Å². The second-order valence-electron chi connectivity index (χ2n) is 5.50. The van der Waals surface area contributed by atoms with Crippen molar-refractivity contribution >= 4 is 12.4 Å². The predicted octanol–water partition coefficient (Wildman–Crippen LogP) is 2.04. The van der Waals surface area contributed by atoms with Crippen molar-refractivity contribution in [2.24, 2.45) is 11.7 Å². The van der Waals surface area contributed by atoms with Gasteiger partial charge in [-0.05, 0) is 45.1 Å². The Kier molecular flexibility index (Phi) is 6.78. The third-order valence-electron chi connectivity index (χ3n) is 4.02. The molecule has 0 aromatic carbocycles. The third kappa shape index (κ3) is 4.40. The molecule has 0 spiro atoms. The van der Waals surface area contributed by atoms with Gasteiger partial charge in [-0.25, -0.2) is 0 Å². The summed E-state index contributed by atoms with van der Waals surface area (Å²) in [5, 5.41) is 0. The first-order chi connectivity index (χ1) is 7.77. The number of rotatable bonds is 3. The van der Waals surface area contributed by atoms with E-state index in [2.05, 4.69) is 11.8 Å². The van der Waals surface area contributed by atoms with E-state index in [1.165, 1.54) is 45.2 Å². The minimum atomic E-state index is 0. The number of piperidine rings is 1. The van der Waals surface area contributed by atoms with Gasteiger partial charge in [0, 0.05) is 25.2 Å². The molecule has 3 nitrogen and oxygen atoms in total. The molecule has 0 saturated carbocycles. The van der Waals surface area contributed by atoms with Crippen LogP contribution in [-0.2, 0) is 4.74 Å². The van der Waals surface area contributed by atoms with E-state index in [0.717, 1.165) is 19.1 Å². The summed E-state index contributed by atoms with van der Waals surface area (Å²) in [7, 11) is 0. The molecule has 2 aliphatic heterocycles. The van der Waals surface area contributed by atoms with E-state index in [0.29, 0.717) is 12.1 Å². The van der Waals surface area contributed by atoms with Crippen molar-refractivity contribution in [3.63, 3.8) is 0 Å². The van der Waals surface area contributed by atoms with Crippen LogP contribution in [0.3, 0.4) is 0 Å². The van der Waals surface area contributed by atoms with E-state index in [1.807, 2.05) is 0 Å². The van der Waals surface area contributed by atoms with Gasteiger partial charge < -0.3 is 10.5 Å². The maximum atomic E-state index is 6.09. The largest absolute Gasteiger partial charge is 0.381 e. The monoisotopic (exact) mass is 262 g/mol. The van der Waals surface area contributed by atoms with Crippen molar-refractivity contribution in [2.45, 2.75) is 51.1 Å². The van der Waals surface area contributed by atoms with Gasteiger partial charge >= 0.3 is 0 Å². The predicted molar refractivity (Wildman–Crippen MR) is 73.7 cm³/mol. The van der Waals surface area contributed by atoms with E-state index in [4.69, 9.17) is 10.5 Å². The summed E-state index contributed by atoms with van der Waals surface area (Å²) in [6, 6.07) is 0.917. The zero-order valence-corrected chi connectivity index (χ0v) is 11.8. The molecule has 0 aromatic rings. The maximum Gasteiger partial charge on any atom is 0.0506 e. The highest BCUT2D eigenvalue weighted by Gasteiger charge is 2.27. The van der Waals surface area contributed by atoms with E-state index in [9.17, 15) is 0 Å². The van der Waals surface area contributed by atoms with Crippen LogP contribution in [0.4, 0.5) is 0 Å². The molecule has 2 saturated heterocycles. The van der Waals surface area contributed by atoms with Gasteiger partial charge in [0.2, 0.25) is 0 Å². The van der Waals surface area contributed by atoms with Gasteiger partial charge in [0.1, 0.15) is 0 Å². The maximum absolute atomic E-state index is 6.09. The Morgan fingerprint density at radius 3 is 2.76 bits per heavy atom. The van der Waals surface area contributed by atoms with Crippen LogP contribution in [0.1, 0.15) is 39.0 Å². The number of hydrogen-bond acceptors (Lipinski definition) is 3. The fraction of sp³-hybridized carbons (Fsp3) is 1.00. The standard InChI is InChI=1S/C13H26N2O.ClH/c1-11(14)13-6-2-3-7-15(13)9-12-5-4-8-16-10-12;/h11-13H,2-10,14H2,1H3;1H. The molecule has 2 heterocycles. The lowest BCUT2D eigenvalue weighted by Crippen LogP contribution is -2.51. The minimum absolute atomic E-state index is 0. The molecule has 0 bridgehead atoms. The van der Waals surface area contributed by atoms with Crippen LogP contribution in [0.5, 0.6) is 0 Å². The molecular formula is C13H27ClN2O. The van der Waals surface area contributed by atoms with Crippen LogP contribution in [0.2, 0.25) is 0 Å². The lowest BCUT2D eigenvalue weighted by Gasteiger charge is -2.40. The minimum Gasteiger partial charge on any atom is -0.381 e. The molecule has 2 N–H and O–H groups in total. The Morgan fingerprint density at radius 1 is 1.29 bits per heavy atom. The number of nitrogens with two attached hydrogens (primary N) is 1. The van der Waals surface area contributed by atoms with Crippen LogP contribution in [0, 0.1) is 5.92 Å². The summed E-state index contributed by atoms with van der Waals surface area (Å²) < 4.78 is 5.56. The Hall–Kier alpha value is 0.170. The van der Waals surface area contributed by atoms with Gasteiger partial charge in [-0.1, -0.05) is 6.42 Å². The number of hydrogen-bond donors (Lipinski definition) is 1. The summed E-state index contributed by atoms with van der Waals surface area (Å²) in [6.45, 7) is 6.52. The summed E-state index contributed by atoms with van der Waals surface area (Å²) in [5.41, 5.74) is 6.09. The van der Waals surface area contributed by atoms with Crippen molar-refractivity contribution in [3.8, 4) is 0 Å². The Labute approximate surface area is 111 Å². The fourth-order valence-electron chi connectivity index (χ4n) is 3.12. The van der Waals surface area contributed by atoms with Gasteiger partial charge in [0.25, 0.3) is 0 Å². The molecule has 3 unspecified atom stereocenters. The summed E-state index contributed by atoms with van der Waals surface area (Å²) in [5.74, 6) is 0.744. The number of halogens is 1. The molecule has 102 valence electrons. The number of likely N-dealkylation sites (tertiary alicyclic amines) is 1. The van der Waals surface area contributed by atoms with Crippen molar-refractivity contribution in [1.82, 2.24) is 4.90 Å². The van der Waals surface area contributed by atoms with Gasteiger partial charge in [0.05, 0.1) is 6.61 Å². The van der Waals surface area contributed by atoms with Gasteiger partial charge in [-0.15, -0.1) is 12.4 Å².